The molecule has 0 unspecified atom stereocenters. The second-order valence-electron chi connectivity index (χ2n) is 4.37. The molecule has 0 saturated heterocycles. The number of nitrogens with zero attached hydrogens (tertiary/aromatic N) is 1. The Balaban J connectivity index is 2.30. The summed E-state index contributed by atoms with van der Waals surface area (Å²) >= 11 is 4.48. The van der Waals surface area contributed by atoms with Gasteiger partial charge in [0.1, 0.15) is 0 Å². The van der Waals surface area contributed by atoms with Crippen molar-refractivity contribution in [3.05, 3.63) is 0 Å². The van der Waals surface area contributed by atoms with Gasteiger partial charge in [-0.05, 0) is 30.6 Å². The summed E-state index contributed by atoms with van der Waals surface area (Å²) in [6, 6.07) is 0. The molecule has 0 radical (unpaired) electrons. The first kappa shape index (κ1) is 12.3. The van der Waals surface area contributed by atoms with Crippen molar-refractivity contribution in [2.75, 3.05) is 39.1 Å². The van der Waals surface area contributed by atoms with Crippen LogP contribution in [0.2, 0.25) is 0 Å². The molecule has 0 aromatic carbocycles. The van der Waals surface area contributed by atoms with Gasteiger partial charge in [-0.25, -0.2) is 0 Å². The second kappa shape index (κ2) is 5.99. The van der Waals surface area contributed by atoms with Crippen LogP contribution in [0, 0.1) is 5.41 Å². The maximum absolute atomic E-state index is 5.11. The van der Waals surface area contributed by atoms with Crippen LogP contribution in [0.5, 0.6) is 0 Å². The van der Waals surface area contributed by atoms with Crippen molar-refractivity contribution in [2.45, 2.75) is 26.2 Å². The van der Waals surface area contributed by atoms with E-state index in [1.807, 2.05) is 0 Å². The summed E-state index contributed by atoms with van der Waals surface area (Å²) in [4.78, 5) is 2.48. The van der Waals surface area contributed by atoms with E-state index < -0.39 is 0 Å². The molecular formula is C11H23NOS. The van der Waals surface area contributed by atoms with E-state index >= 15 is 0 Å². The van der Waals surface area contributed by atoms with Crippen molar-refractivity contribution >= 4 is 12.6 Å². The highest BCUT2D eigenvalue weighted by molar-refractivity contribution is 7.80. The highest BCUT2D eigenvalue weighted by atomic mass is 32.1. The third kappa shape index (κ3) is 3.14. The molecule has 1 rings (SSSR count). The fourth-order valence-electron chi connectivity index (χ4n) is 2.09. The predicted octanol–water partition coefficient (Wildman–Crippen LogP) is 2.05. The fraction of sp³-hybridized carbons (Fsp3) is 1.00. The predicted molar refractivity (Wildman–Crippen MR) is 64.1 cm³/mol. The Morgan fingerprint density at radius 3 is 2.50 bits per heavy atom. The van der Waals surface area contributed by atoms with Crippen LogP contribution in [0.4, 0.5) is 0 Å². The standard InChI is InChI=1S/C11H23NOS/c1-3-12(7-8-13-2)9-11(10-14)5-4-6-11/h14H,3-10H2,1-2H3. The average Bonchev–Trinajstić information content (AvgIpc) is 2.16. The summed E-state index contributed by atoms with van der Waals surface area (Å²) in [6.45, 7) is 6.45. The van der Waals surface area contributed by atoms with Gasteiger partial charge in [0.15, 0.2) is 0 Å². The van der Waals surface area contributed by atoms with Crippen LogP contribution in [0.15, 0.2) is 0 Å². The summed E-state index contributed by atoms with van der Waals surface area (Å²) in [5, 5.41) is 0. The van der Waals surface area contributed by atoms with Gasteiger partial charge in [-0.2, -0.15) is 12.6 Å². The van der Waals surface area contributed by atoms with E-state index in [9.17, 15) is 0 Å². The van der Waals surface area contributed by atoms with E-state index in [-0.39, 0.29) is 0 Å². The van der Waals surface area contributed by atoms with Crippen LogP contribution in [-0.4, -0.2) is 44.0 Å². The molecule has 84 valence electrons. The van der Waals surface area contributed by atoms with Crippen LogP contribution in [0.3, 0.4) is 0 Å². The van der Waals surface area contributed by atoms with E-state index in [2.05, 4.69) is 24.5 Å². The fourth-order valence-corrected chi connectivity index (χ4v) is 2.50. The van der Waals surface area contributed by atoms with Gasteiger partial charge in [-0.3, -0.25) is 0 Å². The molecule has 0 aliphatic heterocycles. The lowest BCUT2D eigenvalue weighted by Crippen LogP contribution is -2.44. The van der Waals surface area contributed by atoms with Crippen LogP contribution in [0.25, 0.3) is 0 Å². The van der Waals surface area contributed by atoms with Crippen LogP contribution >= 0.6 is 12.6 Å². The van der Waals surface area contributed by atoms with E-state index in [1.54, 1.807) is 7.11 Å². The molecule has 1 saturated carbocycles. The zero-order valence-corrected chi connectivity index (χ0v) is 10.4. The third-order valence-electron chi connectivity index (χ3n) is 3.37. The molecule has 0 aromatic rings. The van der Waals surface area contributed by atoms with Crippen molar-refractivity contribution < 1.29 is 4.74 Å². The van der Waals surface area contributed by atoms with Gasteiger partial charge < -0.3 is 9.64 Å². The molecule has 0 atom stereocenters. The Hall–Kier alpha value is 0.270. The molecule has 3 heteroatoms. The highest BCUT2D eigenvalue weighted by Crippen LogP contribution is 2.42. The van der Waals surface area contributed by atoms with Gasteiger partial charge in [0.2, 0.25) is 0 Å². The summed E-state index contributed by atoms with van der Waals surface area (Å²) in [5.41, 5.74) is 0.521. The first-order chi connectivity index (χ1) is 6.76. The lowest BCUT2D eigenvalue weighted by molar-refractivity contribution is 0.0730. The topological polar surface area (TPSA) is 12.5 Å². The van der Waals surface area contributed by atoms with E-state index in [0.717, 1.165) is 25.4 Å². The molecule has 0 aromatic heterocycles. The van der Waals surface area contributed by atoms with Gasteiger partial charge in [0.25, 0.3) is 0 Å². The maximum Gasteiger partial charge on any atom is 0.0589 e. The quantitative estimate of drug-likeness (QED) is 0.655. The Kier molecular flexibility index (Phi) is 5.28. The van der Waals surface area contributed by atoms with Gasteiger partial charge in [-0.1, -0.05) is 13.3 Å². The Labute approximate surface area is 93.4 Å². The molecule has 1 aliphatic rings. The average molecular weight is 217 g/mol. The third-order valence-corrected chi connectivity index (χ3v) is 4.04. The number of likely N-dealkylation sites (N-methyl/N-ethyl adjacent to an activating group) is 1. The number of hydrogen-bond donors (Lipinski definition) is 1. The number of thiol groups is 1. The number of hydrogen-bond acceptors (Lipinski definition) is 3. The molecule has 0 bridgehead atoms. The van der Waals surface area contributed by atoms with Crippen molar-refractivity contribution in [3.8, 4) is 0 Å². The molecule has 14 heavy (non-hydrogen) atoms. The van der Waals surface area contributed by atoms with Gasteiger partial charge in [-0.15, -0.1) is 0 Å². The lowest BCUT2D eigenvalue weighted by atomic mass is 9.70. The van der Waals surface area contributed by atoms with Gasteiger partial charge in [0, 0.05) is 20.2 Å². The zero-order chi connectivity index (χ0) is 10.4. The van der Waals surface area contributed by atoms with Crippen molar-refractivity contribution in [1.29, 1.82) is 0 Å². The molecule has 2 nitrogen and oxygen atoms in total. The first-order valence-electron chi connectivity index (χ1n) is 5.58. The molecular weight excluding hydrogens is 194 g/mol. The maximum atomic E-state index is 5.11. The summed E-state index contributed by atoms with van der Waals surface area (Å²) in [5.74, 6) is 1.04. The Morgan fingerprint density at radius 1 is 1.43 bits per heavy atom. The van der Waals surface area contributed by atoms with Gasteiger partial charge in [0.05, 0.1) is 6.61 Å². The molecule has 1 aliphatic carbocycles. The van der Waals surface area contributed by atoms with Crippen LogP contribution < -0.4 is 0 Å². The monoisotopic (exact) mass is 217 g/mol. The summed E-state index contributed by atoms with van der Waals surface area (Å²) in [7, 11) is 1.77. The summed E-state index contributed by atoms with van der Waals surface area (Å²) < 4.78 is 5.11. The zero-order valence-electron chi connectivity index (χ0n) is 9.46. The van der Waals surface area contributed by atoms with E-state index in [0.29, 0.717) is 5.41 Å². The minimum absolute atomic E-state index is 0.521. The molecule has 0 amide bonds. The van der Waals surface area contributed by atoms with Crippen molar-refractivity contribution in [1.82, 2.24) is 4.90 Å². The van der Waals surface area contributed by atoms with E-state index in [4.69, 9.17) is 4.74 Å². The molecule has 0 heterocycles. The summed E-state index contributed by atoms with van der Waals surface area (Å²) in [6.07, 6.45) is 4.11. The van der Waals surface area contributed by atoms with Crippen molar-refractivity contribution in [3.63, 3.8) is 0 Å². The number of rotatable bonds is 7. The smallest absolute Gasteiger partial charge is 0.0589 e. The highest BCUT2D eigenvalue weighted by Gasteiger charge is 2.36. The minimum atomic E-state index is 0.521. The second-order valence-corrected chi connectivity index (χ2v) is 4.69. The first-order valence-corrected chi connectivity index (χ1v) is 6.22. The van der Waals surface area contributed by atoms with Crippen molar-refractivity contribution in [2.24, 2.45) is 5.41 Å². The molecule has 0 spiro atoms. The number of ether oxygens (including phenoxy) is 1. The van der Waals surface area contributed by atoms with Crippen LogP contribution in [-0.2, 0) is 4.74 Å². The minimum Gasteiger partial charge on any atom is -0.383 e. The van der Waals surface area contributed by atoms with Gasteiger partial charge >= 0.3 is 0 Å². The molecule has 1 fully saturated rings. The SMILES string of the molecule is CCN(CCOC)CC1(CS)CCC1. The lowest BCUT2D eigenvalue weighted by Gasteiger charge is -2.44. The van der Waals surface area contributed by atoms with Crippen LogP contribution in [0.1, 0.15) is 26.2 Å². The number of methoxy groups -OCH3 is 1. The van der Waals surface area contributed by atoms with E-state index in [1.165, 1.54) is 25.8 Å². The largest absolute Gasteiger partial charge is 0.383 e. The Bertz CT molecular complexity index is 154. The Morgan fingerprint density at radius 2 is 2.14 bits per heavy atom. The normalized spacial score (nSPS) is 19.7. The molecule has 0 N–H and O–H groups in total.